The summed E-state index contributed by atoms with van der Waals surface area (Å²) in [7, 11) is 1.42. The first-order valence-corrected chi connectivity index (χ1v) is 8.35. The second kappa shape index (κ2) is 9.67. The Morgan fingerprint density at radius 3 is 2.31 bits per heavy atom. The lowest BCUT2D eigenvalue weighted by Crippen LogP contribution is -2.21. The van der Waals surface area contributed by atoms with Gasteiger partial charge < -0.3 is 24.3 Å². The average molecular weight is 413 g/mol. The molecule has 0 saturated carbocycles. The lowest BCUT2D eigenvalue weighted by molar-refractivity contribution is -0.274. The van der Waals surface area contributed by atoms with Crippen LogP contribution in [0.25, 0.3) is 0 Å². The summed E-state index contributed by atoms with van der Waals surface area (Å²) < 4.78 is 55.5. The Kier molecular flexibility index (Phi) is 7.29. The lowest BCUT2D eigenvalue weighted by Gasteiger charge is -2.11. The smallest absolute Gasteiger partial charge is 0.493 e. The van der Waals surface area contributed by atoms with Gasteiger partial charge in [-0.05, 0) is 49.4 Å². The Morgan fingerprint density at radius 1 is 1.03 bits per heavy atom. The van der Waals surface area contributed by atoms with E-state index in [1.807, 2.05) is 0 Å². The SMILES string of the molecule is CCOc1ccc(C(=O)OCC(=O)Nc2ccc(OC(F)(F)F)cc2)cc1OC. The molecule has 0 atom stereocenters. The zero-order valence-corrected chi connectivity index (χ0v) is 15.5. The van der Waals surface area contributed by atoms with Crippen LogP contribution in [0.3, 0.4) is 0 Å². The highest BCUT2D eigenvalue weighted by Gasteiger charge is 2.31. The minimum atomic E-state index is -4.80. The molecule has 0 radical (unpaired) electrons. The molecule has 7 nitrogen and oxygen atoms in total. The van der Waals surface area contributed by atoms with Crippen molar-refractivity contribution in [1.82, 2.24) is 0 Å². The molecular weight excluding hydrogens is 395 g/mol. The quantitative estimate of drug-likeness (QED) is 0.663. The molecule has 0 saturated heterocycles. The van der Waals surface area contributed by atoms with Gasteiger partial charge in [-0.3, -0.25) is 4.79 Å². The van der Waals surface area contributed by atoms with Gasteiger partial charge in [0.2, 0.25) is 0 Å². The number of ether oxygens (including phenoxy) is 4. The number of alkyl halides is 3. The van der Waals surface area contributed by atoms with E-state index < -0.39 is 30.6 Å². The molecule has 10 heteroatoms. The molecule has 0 aliphatic rings. The van der Waals surface area contributed by atoms with E-state index in [0.29, 0.717) is 18.1 Å². The Balaban J connectivity index is 1.89. The number of nitrogens with one attached hydrogen (secondary N) is 1. The van der Waals surface area contributed by atoms with Gasteiger partial charge in [-0.15, -0.1) is 13.2 Å². The standard InChI is InChI=1S/C19H18F3NO6/c1-3-27-15-9-4-12(10-16(15)26-2)18(25)28-11-17(24)23-13-5-7-14(8-6-13)29-19(20,21)22/h4-10H,3,11H2,1-2H3,(H,23,24). The Bertz CT molecular complexity index is 852. The fourth-order valence-corrected chi connectivity index (χ4v) is 2.22. The molecule has 29 heavy (non-hydrogen) atoms. The first kappa shape index (κ1) is 21.9. The summed E-state index contributed by atoms with van der Waals surface area (Å²) in [5.41, 5.74) is 0.370. The minimum Gasteiger partial charge on any atom is -0.493 e. The third kappa shape index (κ3) is 6.91. The number of amides is 1. The van der Waals surface area contributed by atoms with Crippen LogP contribution in [-0.4, -0.2) is 38.6 Å². The van der Waals surface area contributed by atoms with Crippen molar-refractivity contribution >= 4 is 17.6 Å². The first-order chi connectivity index (χ1) is 13.7. The highest BCUT2D eigenvalue weighted by Crippen LogP contribution is 2.28. The van der Waals surface area contributed by atoms with Crippen LogP contribution in [-0.2, 0) is 9.53 Å². The predicted molar refractivity (Wildman–Crippen MR) is 96.2 cm³/mol. The minimum absolute atomic E-state index is 0.159. The van der Waals surface area contributed by atoms with Crippen LogP contribution < -0.4 is 19.5 Å². The van der Waals surface area contributed by atoms with E-state index in [1.54, 1.807) is 13.0 Å². The van der Waals surface area contributed by atoms with Crippen LogP contribution in [0.1, 0.15) is 17.3 Å². The Labute approximate surface area is 164 Å². The van der Waals surface area contributed by atoms with Crippen molar-refractivity contribution in [2.45, 2.75) is 13.3 Å². The third-order valence-corrected chi connectivity index (χ3v) is 3.41. The van der Waals surface area contributed by atoms with Gasteiger partial charge in [-0.25, -0.2) is 4.79 Å². The molecule has 0 fully saturated rings. The number of methoxy groups -OCH3 is 1. The molecule has 0 heterocycles. The predicted octanol–water partition coefficient (Wildman–Crippen LogP) is 3.79. The number of hydrogen-bond donors (Lipinski definition) is 1. The molecule has 0 aromatic heterocycles. The number of halogens is 3. The van der Waals surface area contributed by atoms with Gasteiger partial charge in [0, 0.05) is 5.69 Å². The topological polar surface area (TPSA) is 83.1 Å². The normalized spacial score (nSPS) is 10.8. The Morgan fingerprint density at radius 2 is 1.72 bits per heavy atom. The third-order valence-electron chi connectivity index (χ3n) is 3.41. The van der Waals surface area contributed by atoms with Gasteiger partial charge in [0.25, 0.3) is 5.91 Å². The van der Waals surface area contributed by atoms with Crippen molar-refractivity contribution in [3.05, 3.63) is 48.0 Å². The molecular formula is C19H18F3NO6. The summed E-state index contributed by atoms with van der Waals surface area (Å²) >= 11 is 0. The highest BCUT2D eigenvalue weighted by molar-refractivity contribution is 5.95. The van der Waals surface area contributed by atoms with E-state index in [1.165, 1.54) is 31.4 Å². The van der Waals surface area contributed by atoms with E-state index in [4.69, 9.17) is 14.2 Å². The van der Waals surface area contributed by atoms with Crippen molar-refractivity contribution in [1.29, 1.82) is 0 Å². The maximum Gasteiger partial charge on any atom is 0.573 e. The van der Waals surface area contributed by atoms with Crippen LogP contribution in [0.2, 0.25) is 0 Å². The zero-order chi connectivity index (χ0) is 21.4. The molecule has 2 rings (SSSR count). The molecule has 156 valence electrons. The molecule has 2 aromatic carbocycles. The average Bonchev–Trinajstić information content (AvgIpc) is 2.67. The summed E-state index contributed by atoms with van der Waals surface area (Å²) in [4.78, 5) is 24.0. The van der Waals surface area contributed by atoms with E-state index in [2.05, 4.69) is 10.1 Å². The Hall–Kier alpha value is -3.43. The van der Waals surface area contributed by atoms with Crippen LogP contribution in [0.5, 0.6) is 17.2 Å². The van der Waals surface area contributed by atoms with Crippen LogP contribution in [0.15, 0.2) is 42.5 Å². The first-order valence-electron chi connectivity index (χ1n) is 8.35. The van der Waals surface area contributed by atoms with Gasteiger partial charge in [0.05, 0.1) is 19.3 Å². The monoisotopic (exact) mass is 413 g/mol. The fourth-order valence-electron chi connectivity index (χ4n) is 2.22. The highest BCUT2D eigenvalue weighted by atomic mass is 19.4. The molecule has 0 unspecified atom stereocenters. The van der Waals surface area contributed by atoms with Gasteiger partial charge in [0.15, 0.2) is 18.1 Å². The van der Waals surface area contributed by atoms with Crippen molar-refractivity contribution < 1.29 is 41.7 Å². The van der Waals surface area contributed by atoms with Gasteiger partial charge >= 0.3 is 12.3 Å². The molecule has 0 spiro atoms. The van der Waals surface area contributed by atoms with Crippen molar-refractivity contribution in [3.63, 3.8) is 0 Å². The summed E-state index contributed by atoms with van der Waals surface area (Å²) in [6, 6.07) is 8.96. The molecule has 2 aromatic rings. The largest absolute Gasteiger partial charge is 0.573 e. The van der Waals surface area contributed by atoms with Crippen molar-refractivity contribution in [2.75, 3.05) is 25.6 Å². The number of carbonyl (C=O) groups excluding carboxylic acids is 2. The van der Waals surface area contributed by atoms with Crippen LogP contribution >= 0.6 is 0 Å². The molecule has 0 bridgehead atoms. The number of hydrogen-bond acceptors (Lipinski definition) is 6. The summed E-state index contributed by atoms with van der Waals surface area (Å²) in [5.74, 6) is -1.04. The number of anilines is 1. The van der Waals surface area contributed by atoms with E-state index >= 15 is 0 Å². The number of esters is 1. The fraction of sp³-hybridized carbons (Fsp3) is 0.263. The van der Waals surface area contributed by atoms with E-state index in [-0.39, 0.29) is 11.3 Å². The second-order valence-corrected chi connectivity index (χ2v) is 5.50. The van der Waals surface area contributed by atoms with Gasteiger partial charge in [-0.1, -0.05) is 0 Å². The maximum atomic E-state index is 12.1. The van der Waals surface area contributed by atoms with Crippen molar-refractivity contribution in [2.24, 2.45) is 0 Å². The summed E-state index contributed by atoms with van der Waals surface area (Å²) in [6.07, 6.45) is -4.80. The summed E-state index contributed by atoms with van der Waals surface area (Å²) in [5, 5.41) is 2.39. The van der Waals surface area contributed by atoms with Crippen molar-refractivity contribution in [3.8, 4) is 17.2 Å². The zero-order valence-electron chi connectivity index (χ0n) is 15.5. The van der Waals surface area contributed by atoms with Gasteiger partial charge in [0.1, 0.15) is 5.75 Å². The van der Waals surface area contributed by atoms with E-state index in [0.717, 1.165) is 12.1 Å². The molecule has 1 N–H and O–H groups in total. The maximum absolute atomic E-state index is 12.1. The van der Waals surface area contributed by atoms with Crippen LogP contribution in [0, 0.1) is 0 Å². The van der Waals surface area contributed by atoms with Gasteiger partial charge in [-0.2, -0.15) is 0 Å². The molecule has 1 amide bonds. The molecule has 0 aliphatic carbocycles. The van der Waals surface area contributed by atoms with E-state index in [9.17, 15) is 22.8 Å². The molecule has 0 aliphatic heterocycles. The number of rotatable bonds is 8. The second-order valence-electron chi connectivity index (χ2n) is 5.50. The number of carbonyl (C=O) groups is 2. The van der Waals surface area contributed by atoms with Crippen LogP contribution in [0.4, 0.5) is 18.9 Å². The summed E-state index contributed by atoms with van der Waals surface area (Å²) in [6.45, 7) is 1.63. The number of benzene rings is 2. The lowest BCUT2D eigenvalue weighted by atomic mass is 10.2.